The maximum atomic E-state index is 12.5. The molecule has 298 valence electrons. The predicted molar refractivity (Wildman–Crippen MR) is 236 cm³/mol. The Kier molecular flexibility index (Phi) is 9.98. The average Bonchev–Trinajstić information content (AvgIpc) is 4.15. The lowest BCUT2D eigenvalue weighted by Gasteiger charge is -2.08. The van der Waals surface area contributed by atoms with E-state index < -0.39 is 17.9 Å². The average molecular weight is 805 g/mol. The second kappa shape index (κ2) is 15.9. The van der Waals surface area contributed by atoms with E-state index in [1.165, 1.54) is 21.3 Å². The molecule has 0 amide bonds. The second-order valence-corrected chi connectivity index (χ2v) is 14.5. The molecule has 0 spiro atoms. The van der Waals surface area contributed by atoms with Crippen molar-refractivity contribution >= 4 is 64.3 Å². The third kappa shape index (κ3) is 7.18. The first-order chi connectivity index (χ1) is 29.7. The monoisotopic (exact) mass is 804 g/mol. The molecule has 0 saturated carbocycles. The van der Waals surface area contributed by atoms with Gasteiger partial charge in [0.2, 0.25) is 0 Å². The maximum absolute atomic E-state index is 12.5. The number of pyridine rings is 1. The zero-order valence-corrected chi connectivity index (χ0v) is 33.6. The fourth-order valence-electron chi connectivity index (χ4n) is 7.76. The van der Waals surface area contributed by atoms with Gasteiger partial charge in [-0.1, -0.05) is 36.4 Å². The Labute approximate surface area is 350 Å². The van der Waals surface area contributed by atoms with E-state index in [0.29, 0.717) is 33.8 Å². The molecular weight excluding hydrogens is 767 g/mol. The number of aryl methyl sites for hydroxylation is 1. The van der Waals surface area contributed by atoms with Crippen molar-refractivity contribution in [1.82, 2.24) is 19.9 Å². The molecular formula is C50H38N5O6+. The summed E-state index contributed by atoms with van der Waals surface area (Å²) in [6, 6.07) is 34.0. The Hall–Kier alpha value is -8.18. The lowest BCUT2D eigenvalue weighted by Crippen LogP contribution is -2.25. The van der Waals surface area contributed by atoms with Crippen LogP contribution < -0.4 is 4.57 Å². The van der Waals surface area contributed by atoms with Gasteiger partial charge in [0.25, 0.3) is 0 Å². The number of hydrogen-bond acceptors (Lipinski definition) is 8. The number of carbonyl (C=O) groups is 3. The molecule has 4 aromatic heterocycles. The van der Waals surface area contributed by atoms with Crippen molar-refractivity contribution in [1.29, 1.82) is 0 Å². The fourth-order valence-corrected chi connectivity index (χ4v) is 7.76. The summed E-state index contributed by atoms with van der Waals surface area (Å²) in [5, 5.41) is 0. The first kappa shape index (κ1) is 38.3. The molecule has 0 saturated heterocycles. The molecule has 2 N–H and O–H groups in total. The molecule has 0 atom stereocenters. The highest BCUT2D eigenvalue weighted by Crippen LogP contribution is 2.38. The number of aromatic nitrogens is 5. The van der Waals surface area contributed by atoms with E-state index in [2.05, 4.69) is 28.2 Å². The van der Waals surface area contributed by atoms with Crippen molar-refractivity contribution in [2.75, 3.05) is 21.3 Å². The van der Waals surface area contributed by atoms with E-state index in [1.54, 1.807) is 36.4 Å². The molecule has 0 fully saturated rings. The molecule has 2 aliphatic heterocycles. The van der Waals surface area contributed by atoms with Crippen LogP contribution in [0.5, 0.6) is 0 Å². The molecule has 0 unspecified atom stereocenters. The SMILES string of the molecule is COC(=O)c1ccc(-c2c3nc(c(-c4ccc(C(=O)OC)cc4)c4ccc([nH]4)c(-c4ccc(C(=O)OC)cc4)c4ccc([nH]4)c(-c4cc[n+](C)cc4)c4nc2C=C4)C=C3)cc1. The van der Waals surface area contributed by atoms with Crippen LogP contribution in [0.3, 0.4) is 0 Å². The molecule has 11 nitrogen and oxygen atoms in total. The van der Waals surface area contributed by atoms with Crippen LogP contribution in [0.1, 0.15) is 53.8 Å². The van der Waals surface area contributed by atoms with Crippen molar-refractivity contribution < 1.29 is 33.2 Å². The van der Waals surface area contributed by atoms with Gasteiger partial charge >= 0.3 is 17.9 Å². The highest BCUT2D eigenvalue weighted by molar-refractivity contribution is 6.01. The maximum Gasteiger partial charge on any atom is 0.337 e. The number of fused-ring (bicyclic) bond motifs is 8. The summed E-state index contributed by atoms with van der Waals surface area (Å²) in [6.45, 7) is 0. The van der Waals surface area contributed by atoms with E-state index in [1.807, 2.05) is 103 Å². The second-order valence-electron chi connectivity index (χ2n) is 14.5. The summed E-state index contributed by atoms with van der Waals surface area (Å²) in [7, 11) is 6.06. The van der Waals surface area contributed by atoms with Crippen LogP contribution in [0, 0.1) is 0 Å². The highest BCUT2D eigenvalue weighted by Gasteiger charge is 2.21. The van der Waals surface area contributed by atoms with Gasteiger partial charge < -0.3 is 24.2 Å². The van der Waals surface area contributed by atoms with Crippen LogP contribution in [0.25, 0.3) is 90.9 Å². The molecule has 7 aromatic rings. The van der Waals surface area contributed by atoms with Gasteiger partial charge in [0, 0.05) is 56.5 Å². The molecule has 0 aliphatic carbocycles. The number of aromatic amines is 2. The van der Waals surface area contributed by atoms with Crippen LogP contribution in [0.4, 0.5) is 0 Å². The number of H-pyrrole nitrogens is 2. The van der Waals surface area contributed by atoms with Crippen LogP contribution >= 0.6 is 0 Å². The van der Waals surface area contributed by atoms with E-state index in [-0.39, 0.29) is 0 Å². The van der Waals surface area contributed by atoms with Crippen LogP contribution in [0.2, 0.25) is 0 Å². The van der Waals surface area contributed by atoms with E-state index in [4.69, 9.17) is 24.2 Å². The lowest BCUT2D eigenvalue weighted by atomic mass is 10.0. The Morgan fingerprint density at radius 3 is 1.07 bits per heavy atom. The van der Waals surface area contributed by atoms with Crippen molar-refractivity contribution in [3.63, 3.8) is 0 Å². The van der Waals surface area contributed by atoms with Gasteiger partial charge in [-0.05, 0) is 107 Å². The van der Waals surface area contributed by atoms with Gasteiger partial charge in [0.1, 0.15) is 7.05 Å². The van der Waals surface area contributed by atoms with Gasteiger partial charge in [-0.15, -0.1) is 0 Å². The third-order valence-electron chi connectivity index (χ3n) is 10.8. The van der Waals surface area contributed by atoms with E-state index >= 15 is 0 Å². The van der Waals surface area contributed by atoms with Crippen LogP contribution in [0.15, 0.2) is 122 Å². The Morgan fingerprint density at radius 1 is 0.410 bits per heavy atom. The molecule has 61 heavy (non-hydrogen) atoms. The Balaban J connectivity index is 1.41. The summed E-state index contributed by atoms with van der Waals surface area (Å²) < 4.78 is 17.0. The van der Waals surface area contributed by atoms with Crippen LogP contribution in [-0.2, 0) is 21.3 Å². The summed E-state index contributed by atoms with van der Waals surface area (Å²) >= 11 is 0. The van der Waals surface area contributed by atoms with Gasteiger partial charge in [0.05, 0.1) is 60.8 Å². The topological polar surface area (TPSA) is 140 Å². The third-order valence-corrected chi connectivity index (χ3v) is 10.8. The number of hydrogen-bond donors (Lipinski definition) is 2. The quantitative estimate of drug-likeness (QED) is 0.0923. The number of benzene rings is 3. The number of rotatable bonds is 7. The van der Waals surface area contributed by atoms with Crippen molar-refractivity contribution in [3.8, 4) is 44.5 Å². The number of carbonyl (C=O) groups excluding carboxylic acids is 3. The summed E-state index contributed by atoms with van der Waals surface area (Å²) in [4.78, 5) is 55.4. The minimum absolute atomic E-state index is 0.418. The van der Waals surface area contributed by atoms with Crippen molar-refractivity contribution in [2.45, 2.75) is 0 Å². The van der Waals surface area contributed by atoms with Gasteiger partial charge in [0.15, 0.2) is 12.4 Å². The number of esters is 3. The van der Waals surface area contributed by atoms with Crippen molar-refractivity contribution in [3.05, 3.63) is 161 Å². The number of nitrogens with zero attached hydrogens (tertiary/aromatic N) is 3. The minimum atomic E-state index is -0.436. The molecule has 3 aromatic carbocycles. The van der Waals surface area contributed by atoms with Gasteiger partial charge in [-0.2, -0.15) is 0 Å². The number of nitrogens with one attached hydrogen (secondary N) is 2. The van der Waals surface area contributed by atoms with Gasteiger partial charge in [-0.3, -0.25) is 0 Å². The number of ether oxygens (including phenoxy) is 3. The fraction of sp³-hybridized carbons (Fsp3) is 0.0800. The summed E-state index contributed by atoms with van der Waals surface area (Å²) in [5.74, 6) is -1.29. The molecule has 9 rings (SSSR count). The van der Waals surface area contributed by atoms with E-state index in [9.17, 15) is 14.4 Å². The van der Waals surface area contributed by atoms with E-state index in [0.717, 1.165) is 72.3 Å². The molecule has 8 bridgehead atoms. The highest BCUT2D eigenvalue weighted by atomic mass is 16.5. The summed E-state index contributed by atoms with van der Waals surface area (Å²) in [6.07, 6.45) is 11.9. The predicted octanol–water partition coefficient (Wildman–Crippen LogP) is 9.51. The zero-order chi connectivity index (χ0) is 42.2. The smallest absolute Gasteiger partial charge is 0.337 e. The largest absolute Gasteiger partial charge is 0.465 e. The molecule has 6 heterocycles. The zero-order valence-electron chi connectivity index (χ0n) is 33.6. The summed E-state index contributed by atoms with van der Waals surface area (Å²) in [5.41, 5.74) is 14.0. The first-order valence-corrected chi connectivity index (χ1v) is 19.4. The molecule has 11 heteroatoms. The minimum Gasteiger partial charge on any atom is -0.465 e. The lowest BCUT2D eigenvalue weighted by molar-refractivity contribution is -0.671. The molecule has 0 radical (unpaired) electrons. The first-order valence-electron chi connectivity index (χ1n) is 19.4. The van der Waals surface area contributed by atoms with Crippen LogP contribution in [-0.4, -0.2) is 59.2 Å². The number of methoxy groups -OCH3 is 3. The van der Waals surface area contributed by atoms with Gasteiger partial charge in [-0.25, -0.2) is 28.9 Å². The Bertz CT molecular complexity index is 3120. The normalized spacial score (nSPS) is 11.7. The van der Waals surface area contributed by atoms with Crippen molar-refractivity contribution in [2.24, 2.45) is 7.05 Å². The molecule has 2 aliphatic rings. The Morgan fingerprint density at radius 2 is 0.705 bits per heavy atom. The standard InChI is InChI=1S/C50H37N5O6/c1-55-27-25-32(26-28-55)47-42-23-21-40(53-42)45(30-7-13-34(14-8-30)49(57)60-3)38-19-17-36(51-38)44(29-5-11-33(12-6-29)48(56)59-2)37-18-20-39(52-37)46(41-22-24-43(47)54-41)31-9-15-35(16-10-31)50(58)61-4/h5-28H,1-4H3,(H,51,52,53,54)/p+1.